The van der Waals surface area contributed by atoms with Crippen LogP contribution in [-0.2, 0) is 4.79 Å². The Hall–Kier alpha value is -1.92. The molecule has 0 radical (unpaired) electrons. The van der Waals surface area contributed by atoms with Gasteiger partial charge in [0.15, 0.2) is 5.69 Å². The predicted octanol–water partition coefficient (Wildman–Crippen LogP) is 2.01. The third-order valence-corrected chi connectivity index (χ3v) is 4.48. The van der Waals surface area contributed by atoms with Crippen LogP contribution in [0.1, 0.15) is 68.9 Å². The highest BCUT2D eigenvalue weighted by Gasteiger charge is 2.30. The molecule has 1 fully saturated rings. The molecule has 1 saturated carbocycles. The number of carbonyl (C=O) groups excluding carboxylic acids is 1. The first kappa shape index (κ1) is 16.5. The van der Waals surface area contributed by atoms with Crippen LogP contribution in [-0.4, -0.2) is 38.0 Å². The van der Waals surface area contributed by atoms with E-state index in [4.69, 9.17) is 5.11 Å². The van der Waals surface area contributed by atoms with Crippen LogP contribution in [0.2, 0.25) is 0 Å². The Morgan fingerprint density at radius 1 is 1.36 bits per heavy atom. The van der Waals surface area contributed by atoms with Crippen molar-refractivity contribution >= 4 is 11.9 Å². The zero-order chi connectivity index (χ0) is 16.1. The maximum absolute atomic E-state index is 12.3. The summed E-state index contributed by atoms with van der Waals surface area (Å²) in [6, 6.07) is -0.0298. The standard InChI is InChI=1S/C15H24N4O3/c1-3-10(4-2)14(20)16-11-7-5-6-8-13(11)19-9-12(15(21)22)17-18-19/h9-11,13H,3-8H2,1-2H3,(H,16,20)(H,21,22)/t11-,13+/m1/s1. The van der Waals surface area contributed by atoms with Crippen molar-refractivity contribution in [3.05, 3.63) is 11.9 Å². The van der Waals surface area contributed by atoms with Gasteiger partial charge in [-0.05, 0) is 25.7 Å². The molecule has 2 atom stereocenters. The van der Waals surface area contributed by atoms with Crippen molar-refractivity contribution in [1.82, 2.24) is 20.3 Å². The van der Waals surface area contributed by atoms with Crippen LogP contribution < -0.4 is 5.32 Å². The largest absolute Gasteiger partial charge is 0.476 e. The minimum Gasteiger partial charge on any atom is -0.476 e. The van der Waals surface area contributed by atoms with E-state index in [1.807, 2.05) is 13.8 Å². The van der Waals surface area contributed by atoms with E-state index in [9.17, 15) is 9.59 Å². The summed E-state index contributed by atoms with van der Waals surface area (Å²) in [7, 11) is 0. The van der Waals surface area contributed by atoms with Crippen molar-refractivity contribution in [3.63, 3.8) is 0 Å². The Bertz CT molecular complexity index is 525. The van der Waals surface area contributed by atoms with Crippen LogP contribution in [0.3, 0.4) is 0 Å². The Morgan fingerprint density at radius 2 is 2.05 bits per heavy atom. The molecule has 1 amide bonds. The number of carbonyl (C=O) groups is 2. The number of nitrogens with zero attached hydrogens (tertiary/aromatic N) is 3. The van der Waals surface area contributed by atoms with Gasteiger partial charge in [-0.1, -0.05) is 31.9 Å². The number of rotatable bonds is 6. The van der Waals surface area contributed by atoms with Gasteiger partial charge in [-0.25, -0.2) is 9.48 Å². The SMILES string of the molecule is CCC(CC)C(=O)N[C@@H]1CCCC[C@@H]1n1cc(C(=O)O)nn1. The maximum Gasteiger partial charge on any atom is 0.358 e. The third-order valence-electron chi connectivity index (χ3n) is 4.48. The number of aromatic nitrogens is 3. The topological polar surface area (TPSA) is 97.1 Å². The second kappa shape index (κ2) is 7.38. The van der Waals surface area contributed by atoms with E-state index in [-0.39, 0.29) is 29.6 Å². The summed E-state index contributed by atoms with van der Waals surface area (Å²) in [5, 5.41) is 19.7. The lowest BCUT2D eigenvalue weighted by atomic mass is 9.89. The van der Waals surface area contributed by atoms with Gasteiger partial charge in [-0.3, -0.25) is 4.79 Å². The summed E-state index contributed by atoms with van der Waals surface area (Å²) in [6.07, 6.45) is 6.97. The number of hydrogen-bond donors (Lipinski definition) is 2. The van der Waals surface area contributed by atoms with Gasteiger partial charge in [0.2, 0.25) is 5.91 Å². The number of nitrogens with one attached hydrogen (secondary N) is 1. The highest BCUT2D eigenvalue weighted by atomic mass is 16.4. The lowest BCUT2D eigenvalue weighted by molar-refractivity contribution is -0.126. The molecule has 1 aliphatic rings. The number of amides is 1. The lowest BCUT2D eigenvalue weighted by Gasteiger charge is -2.32. The summed E-state index contributed by atoms with van der Waals surface area (Å²) in [4.78, 5) is 23.3. The number of carboxylic acid groups (broad SMARTS) is 1. The average Bonchev–Trinajstić information content (AvgIpc) is 2.99. The summed E-state index contributed by atoms with van der Waals surface area (Å²) >= 11 is 0. The van der Waals surface area contributed by atoms with E-state index in [1.165, 1.54) is 6.20 Å². The van der Waals surface area contributed by atoms with E-state index in [1.54, 1.807) is 4.68 Å². The number of aromatic carboxylic acids is 1. The Labute approximate surface area is 130 Å². The Morgan fingerprint density at radius 3 is 2.64 bits per heavy atom. The second-order valence-electron chi connectivity index (χ2n) is 5.87. The Kier molecular flexibility index (Phi) is 5.51. The normalized spacial score (nSPS) is 21.8. The van der Waals surface area contributed by atoms with E-state index in [0.29, 0.717) is 0 Å². The van der Waals surface area contributed by atoms with E-state index in [0.717, 1.165) is 38.5 Å². The summed E-state index contributed by atoms with van der Waals surface area (Å²) in [5.74, 6) is -0.965. The molecule has 0 aromatic carbocycles. The minimum atomic E-state index is -1.08. The van der Waals surface area contributed by atoms with Gasteiger partial charge in [-0.15, -0.1) is 5.10 Å². The molecule has 122 valence electrons. The highest BCUT2D eigenvalue weighted by Crippen LogP contribution is 2.28. The van der Waals surface area contributed by atoms with Gasteiger partial charge in [0.1, 0.15) is 0 Å². The van der Waals surface area contributed by atoms with Gasteiger partial charge in [-0.2, -0.15) is 0 Å². The summed E-state index contributed by atoms with van der Waals surface area (Å²) in [6.45, 7) is 4.03. The van der Waals surface area contributed by atoms with E-state index < -0.39 is 5.97 Å². The molecule has 7 nitrogen and oxygen atoms in total. The van der Waals surface area contributed by atoms with Crippen LogP contribution in [0, 0.1) is 5.92 Å². The highest BCUT2D eigenvalue weighted by molar-refractivity contribution is 5.84. The molecule has 7 heteroatoms. The first-order valence-electron chi connectivity index (χ1n) is 8.02. The predicted molar refractivity (Wildman–Crippen MR) is 80.5 cm³/mol. The Balaban J connectivity index is 2.10. The average molecular weight is 308 g/mol. The first-order chi connectivity index (χ1) is 10.6. The zero-order valence-electron chi connectivity index (χ0n) is 13.2. The molecular formula is C15H24N4O3. The monoisotopic (exact) mass is 308 g/mol. The molecule has 0 saturated heterocycles. The van der Waals surface area contributed by atoms with Crippen LogP contribution in [0.4, 0.5) is 0 Å². The van der Waals surface area contributed by atoms with Crippen molar-refractivity contribution < 1.29 is 14.7 Å². The van der Waals surface area contributed by atoms with Crippen molar-refractivity contribution in [2.24, 2.45) is 5.92 Å². The van der Waals surface area contributed by atoms with Crippen LogP contribution >= 0.6 is 0 Å². The van der Waals surface area contributed by atoms with Crippen LogP contribution in [0.25, 0.3) is 0 Å². The molecule has 1 heterocycles. The maximum atomic E-state index is 12.3. The summed E-state index contributed by atoms with van der Waals surface area (Å²) in [5.41, 5.74) is -0.0596. The fourth-order valence-electron chi connectivity index (χ4n) is 3.09. The van der Waals surface area contributed by atoms with Gasteiger partial charge in [0.05, 0.1) is 18.3 Å². The minimum absolute atomic E-state index is 0.00908. The molecule has 0 aliphatic heterocycles. The third kappa shape index (κ3) is 3.64. The first-order valence-corrected chi connectivity index (χ1v) is 8.02. The van der Waals surface area contributed by atoms with E-state index >= 15 is 0 Å². The van der Waals surface area contributed by atoms with Crippen LogP contribution in [0.15, 0.2) is 6.20 Å². The fraction of sp³-hybridized carbons (Fsp3) is 0.733. The molecular weight excluding hydrogens is 284 g/mol. The van der Waals surface area contributed by atoms with Crippen molar-refractivity contribution in [3.8, 4) is 0 Å². The van der Waals surface area contributed by atoms with E-state index in [2.05, 4.69) is 15.6 Å². The smallest absolute Gasteiger partial charge is 0.358 e. The molecule has 0 unspecified atom stereocenters. The number of hydrogen-bond acceptors (Lipinski definition) is 4. The van der Waals surface area contributed by atoms with Gasteiger partial charge in [0.25, 0.3) is 0 Å². The molecule has 1 aromatic rings. The summed E-state index contributed by atoms with van der Waals surface area (Å²) < 4.78 is 1.60. The molecule has 1 aliphatic carbocycles. The fourth-order valence-corrected chi connectivity index (χ4v) is 3.09. The second-order valence-corrected chi connectivity index (χ2v) is 5.87. The zero-order valence-corrected chi connectivity index (χ0v) is 13.2. The molecule has 2 rings (SSSR count). The quantitative estimate of drug-likeness (QED) is 0.838. The lowest BCUT2D eigenvalue weighted by Crippen LogP contribution is -2.45. The van der Waals surface area contributed by atoms with Gasteiger partial charge >= 0.3 is 5.97 Å². The molecule has 0 bridgehead atoms. The van der Waals surface area contributed by atoms with Gasteiger partial charge in [0, 0.05) is 5.92 Å². The van der Waals surface area contributed by atoms with Crippen molar-refractivity contribution in [2.75, 3.05) is 0 Å². The molecule has 0 spiro atoms. The number of carboxylic acids is 1. The molecule has 2 N–H and O–H groups in total. The van der Waals surface area contributed by atoms with Crippen molar-refractivity contribution in [1.29, 1.82) is 0 Å². The molecule has 22 heavy (non-hydrogen) atoms. The molecule has 1 aromatic heterocycles. The van der Waals surface area contributed by atoms with Crippen LogP contribution in [0.5, 0.6) is 0 Å². The van der Waals surface area contributed by atoms with Crippen molar-refractivity contribution in [2.45, 2.75) is 64.5 Å². The van der Waals surface area contributed by atoms with Gasteiger partial charge < -0.3 is 10.4 Å².